The summed E-state index contributed by atoms with van der Waals surface area (Å²) in [5.41, 5.74) is 2.69. The molecule has 2 aliphatic rings. The van der Waals surface area contributed by atoms with E-state index in [9.17, 15) is 18.0 Å². The molecule has 0 unspecified atom stereocenters. The second-order valence-electron chi connectivity index (χ2n) is 7.10. The van der Waals surface area contributed by atoms with Crippen molar-refractivity contribution in [3.05, 3.63) is 23.8 Å². The Hall–Kier alpha value is -1.97. The fourth-order valence-electron chi connectivity index (χ4n) is 3.65. The number of rotatable bonds is 4. The molecule has 9 heteroatoms. The molecule has 2 heterocycles. The maximum Gasteiger partial charge on any atom is 0.238 e. The van der Waals surface area contributed by atoms with Crippen LogP contribution in [0.3, 0.4) is 0 Å². The smallest absolute Gasteiger partial charge is 0.238 e. The molecule has 0 radical (unpaired) electrons. The number of amides is 2. The van der Waals surface area contributed by atoms with Gasteiger partial charge in [0, 0.05) is 44.5 Å². The van der Waals surface area contributed by atoms with E-state index in [0.717, 1.165) is 23.4 Å². The zero-order valence-electron chi connectivity index (χ0n) is 15.8. The minimum Gasteiger partial charge on any atom is -0.325 e. The average molecular weight is 394 g/mol. The number of nitrogens with one attached hydrogen (secondary N) is 1. The lowest BCUT2D eigenvalue weighted by Crippen LogP contribution is -2.37. The molecule has 0 atom stereocenters. The predicted molar refractivity (Wildman–Crippen MR) is 104 cm³/mol. The quantitative estimate of drug-likeness (QED) is 0.803. The molecular formula is C18H26N4O4S. The summed E-state index contributed by atoms with van der Waals surface area (Å²) in [5, 5.41) is 2.91. The van der Waals surface area contributed by atoms with Crippen LogP contribution in [-0.4, -0.2) is 75.0 Å². The van der Waals surface area contributed by atoms with Crippen LogP contribution in [0.1, 0.15) is 18.9 Å². The molecule has 2 aliphatic heterocycles. The highest BCUT2D eigenvalue weighted by atomic mass is 32.2. The molecule has 0 bridgehead atoms. The van der Waals surface area contributed by atoms with Crippen molar-refractivity contribution in [2.45, 2.75) is 19.8 Å². The van der Waals surface area contributed by atoms with Crippen LogP contribution < -0.4 is 10.2 Å². The summed E-state index contributed by atoms with van der Waals surface area (Å²) in [6.07, 6.45) is 2.71. The predicted octanol–water partition coefficient (Wildman–Crippen LogP) is 0.501. The minimum absolute atomic E-state index is 0.0230. The van der Waals surface area contributed by atoms with Gasteiger partial charge < -0.3 is 10.2 Å². The number of nitrogens with zero attached hydrogens (tertiary/aromatic N) is 3. The number of benzene rings is 1. The lowest BCUT2D eigenvalue weighted by atomic mass is 10.1. The van der Waals surface area contributed by atoms with Gasteiger partial charge in [0.2, 0.25) is 21.8 Å². The fraction of sp³-hybridized carbons (Fsp3) is 0.556. The van der Waals surface area contributed by atoms with Crippen LogP contribution in [0.5, 0.6) is 0 Å². The van der Waals surface area contributed by atoms with E-state index in [-0.39, 0.29) is 18.4 Å². The maximum atomic E-state index is 12.4. The number of carbonyl (C=O) groups is 2. The summed E-state index contributed by atoms with van der Waals surface area (Å²) in [7, 11) is -3.19. The molecule has 1 aromatic rings. The van der Waals surface area contributed by atoms with Crippen molar-refractivity contribution in [3.63, 3.8) is 0 Å². The van der Waals surface area contributed by atoms with Gasteiger partial charge in [-0.05, 0) is 43.1 Å². The molecule has 0 saturated carbocycles. The third-order valence-corrected chi connectivity index (χ3v) is 6.33. The van der Waals surface area contributed by atoms with Crippen molar-refractivity contribution in [1.29, 1.82) is 0 Å². The van der Waals surface area contributed by atoms with Gasteiger partial charge >= 0.3 is 0 Å². The zero-order valence-corrected chi connectivity index (χ0v) is 16.6. The molecular weight excluding hydrogens is 368 g/mol. The van der Waals surface area contributed by atoms with Gasteiger partial charge in [0.25, 0.3) is 0 Å². The van der Waals surface area contributed by atoms with Crippen LogP contribution in [0.25, 0.3) is 0 Å². The van der Waals surface area contributed by atoms with Gasteiger partial charge in [-0.25, -0.2) is 12.7 Å². The maximum absolute atomic E-state index is 12.4. The zero-order chi connectivity index (χ0) is 19.6. The molecule has 1 saturated heterocycles. The van der Waals surface area contributed by atoms with E-state index in [1.165, 1.54) is 10.6 Å². The molecule has 148 valence electrons. The first-order valence-corrected chi connectivity index (χ1v) is 11.0. The normalized spacial score (nSPS) is 18.8. The molecule has 3 rings (SSSR count). The molecule has 27 heavy (non-hydrogen) atoms. The summed E-state index contributed by atoms with van der Waals surface area (Å²) in [4.78, 5) is 27.7. The number of hydrogen-bond donors (Lipinski definition) is 1. The van der Waals surface area contributed by atoms with E-state index >= 15 is 0 Å². The molecule has 1 fully saturated rings. The Kier molecular flexibility index (Phi) is 5.83. The Morgan fingerprint density at radius 1 is 1.11 bits per heavy atom. The average Bonchev–Trinajstić information content (AvgIpc) is 2.85. The van der Waals surface area contributed by atoms with Crippen LogP contribution >= 0.6 is 0 Å². The lowest BCUT2D eigenvalue weighted by molar-refractivity contribution is -0.117. The first-order valence-electron chi connectivity index (χ1n) is 9.12. The fourth-order valence-corrected chi connectivity index (χ4v) is 4.52. The number of sulfonamides is 1. The largest absolute Gasteiger partial charge is 0.325 e. The molecule has 8 nitrogen and oxygen atoms in total. The van der Waals surface area contributed by atoms with Gasteiger partial charge in [-0.2, -0.15) is 0 Å². The van der Waals surface area contributed by atoms with Gasteiger partial charge in [0.15, 0.2) is 0 Å². The van der Waals surface area contributed by atoms with Crippen molar-refractivity contribution in [2.75, 3.05) is 55.7 Å². The standard InChI is InChI=1S/C18H26N4O4S/c1-14(23)22-9-6-15-12-16(4-5-17(15)22)19-18(24)13-20-7-3-8-21(11-10-20)27(2,25)26/h4-5,12H,3,6-11,13H2,1-2H3,(H,19,24). The number of carbonyl (C=O) groups excluding carboxylic acids is 2. The molecule has 1 aromatic carbocycles. The topological polar surface area (TPSA) is 90.0 Å². The van der Waals surface area contributed by atoms with E-state index in [1.54, 1.807) is 11.8 Å². The van der Waals surface area contributed by atoms with E-state index < -0.39 is 10.0 Å². The van der Waals surface area contributed by atoms with Gasteiger partial charge in [-0.15, -0.1) is 0 Å². The molecule has 2 amide bonds. The summed E-state index contributed by atoms with van der Waals surface area (Å²) in [6, 6.07) is 5.60. The molecule has 0 aromatic heterocycles. The highest BCUT2D eigenvalue weighted by molar-refractivity contribution is 7.88. The third-order valence-electron chi connectivity index (χ3n) is 5.02. The second kappa shape index (κ2) is 7.95. The number of fused-ring (bicyclic) bond motifs is 1. The SMILES string of the molecule is CC(=O)N1CCc2cc(NC(=O)CN3CCCN(S(C)(=O)=O)CC3)ccc21. The van der Waals surface area contributed by atoms with Crippen molar-refractivity contribution in [3.8, 4) is 0 Å². The summed E-state index contributed by atoms with van der Waals surface area (Å²) in [6.45, 7) is 4.59. The lowest BCUT2D eigenvalue weighted by Gasteiger charge is -2.20. The van der Waals surface area contributed by atoms with Gasteiger partial charge in [-0.3, -0.25) is 14.5 Å². The highest BCUT2D eigenvalue weighted by Gasteiger charge is 2.24. The van der Waals surface area contributed by atoms with E-state index in [4.69, 9.17) is 0 Å². The van der Waals surface area contributed by atoms with Gasteiger partial charge in [0.05, 0.1) is 12.8 Å². The monoisotopic (exact) mass is 394 g/mol. The van der Waals surface area contributed by atoms with Crippen molar-refractivity contribution in [2.24, 2.45) is 0 Å². The van der Waals surface area contributed by atoms with Gasteiger partial charge in [0.1, 0.15) is 0 Å². The summed E-state index contributed by atoms with van der Waals surface area (Å²) in [5.74, 6) is -0.0981. The molecule has 1 N–H and O–H groups in total. The van der Waals surface area contributed by atoms with Crippen LogP contribution in [0, 0.1) is 0 Å². The first kappa shape index (κ1) is 19.8. The molecule has 0 spiro atoms. The minimum atomic E-state index is -3.19. The summed E-state index contributed by atoms with van der Waals surface area (Å²) >= 11 is 0. The van der Waals surface area contributed by atoms with Crippen LogP contribution in [0.4, 0.5) is 11.4 Å². The Bertz CT molecular complexity index is 840. The number of hydrogen-bond acceptors (Lipinski definition) is 5. The summed E-state index contributed by atoms with van der Waals surface area (Å²) < 4.78 is 24.8. The van der Waals surface area contributed by atoms with E-state index in [0.29, 0.717) is 39.1 Å². The van der Waals surface area contributed by atoms with Crippen molar-refractivity contribution in [1.82, 2.24) is 9.21 Å². The molecule has 0 aliphatic carbocycles. The van der Waals surface area contributed by atoms with Crippen LogP contribution in [0.15, 0.2) is 18.2 Å². The number of anilines is 2. The van der Waals surface area contributed by atoms with E-state index in [1.807, 2.05) is 23.1 Å². The third kappa shape index (κ3) is 4.85. The van der Waals surface area contributed by atoms with Crippen LogP contribution in [0.2, 0.25) is 0 Å². The van der Waals surface area contributed by atoms with Crippen LogP contribution in [-0.2, 0) is 26.0 Å². The highest BCUT2D eigenvalue weighted by Crippen LogP contribution is 2.30. The van der Waals surface area contributed by atoms with Gasteiger partial charge in [-0.1, -0.05) is 0 Å². The van der Waals surface area contributed by atoms with Crippen molar-refractivity contribution >= 4 is 33.2 Å². The Morgan fingerprint density at radius 2 is 1.89 bits per heavy atom. The Balaban J connectivity index is 1.56. The Labute approximate surface area is 160 Å². The second-order valence-corrected chi connectivity index (χ2v) is 9.09. The Morgan fingerprint density at radius 3 is 2.59 bits per heavy atom. The van der Waals surface area contributed by atoms with Crippen molar-refractivity contribution < 1.29 is 18.0 Å². The van der Waals surface area contributed by atoms with E-state index in [2.05, 4.69) is 5.32 Å². The first-order chi connectivity index (χ1) is 12.7.